The monoisotopic (exact) mass is 380 g/mol. The number of hydrogen-bond donors (Lipinski definition) is 1. The normalized spacial score (nSPS) is 10.5. The van der Waals surface area contributed by atoms with E-state index in [1.165, 1.54) is 6.07 Å². The lowest BCUT2D eigenvalue weighted by atomic mass is 10.3. The molecule has 4 nitrogen and oxygen atoms in total. The predicted molar refractivity (Wildman–Crippen MR) is 82.5 cm³/mol. The summed E-state index contributed by atoms with van der Waals surface area (Å²) in [7, 11) is 0. The quantitative estimate of drug-likeness (QED) is 0.442. The standard InChI is InChI=1S/C11H7BrCl2N2O2S/c12-7-2-3-8(11(14)10(7)13)15-5-6-1-4-9(19-6)16(17)18/h1-4,15H,5H2. The first kappa shape index (κ1) is 14.6. The molecule has 0 fully saturated rings. The number of nitrogens with one attached hydrogen (secondary N) is 1. The summed E-state index contributed by atoms with van der Waals surface area (Å²) >= 11 is 16.5. The summed E-state index contributed by atoms with van der Waals surface area (Å²) < 4.78 is 0.719. The zero-order valence-corrected chi connectivity index (χ0v) is 13.2. The van der Waals surface area contributed by atoms with Gasteiger partial charge in [-0.25, -0.2) is 0 Å². The molecule has 0 unspecified atom stereocenters. The molecule has 0 spiro atoms. The molecule has 1 heterocycles. The van der Waals surface area contributed by atoms with E-state index in [-0.39, 0.29) is 5.00 Å². The van der Waals surface area contributed by atoms with E-state index in [0.717, 1.165) is 20.7 Å². The molecule has 0 radical (unpaired) electrons. The molecule has 100 valence electrons. The van der Waals surface area contributed by atoms with Crippen LogP contribution in [0.25, 0.3) is 0 Å². The number of anilines is 1. The van der Waals surface area contributed by atoms with Crippen molar-refractivity contribution >= 4 is 61.2 Å². The molecular formula is C11H7BrCl2N2O2S. The Morgan fingerprint density at radius 1 is 1.26 bits per heavy atom. The number of benzene rings is 1. The summed E-state index contributed by atoms with van der Waals surface area (Å²) in [6.45, 7) is 0.455. The van der Waals surface area contributed by atoms with Gasteiger partial charge in [-0.3, -0.25) is 10.1 Å². The molecule has 0 atom stereocenters. The molecule has 1 N–H and O–H groups in total. The van der Waals surface area contributed by atoms with E-state index >= 15 is 0 Å². The third-order valence-corrected chi connectivity index (χ3v) is 5.12. The molecule has 2 rings (SSSR count). The second-order valence-corrected chi connectivity index (χ2v) is 6.33. The Balaban J connectivity index is 2.10. The predicted octanol–water partition coefficient (Wildman–Crippen LogP) is 5.34. The van der Waals surface area contributed by atoms with Gasteiger partial charge in [0.2, 0.25) is 0 Å². The smallest absolute Gasteiger partial charge is 0.324 e. The van der Waals surface area contributed by atoms with Crippen molar-refractivity contribution in [3.8, 4) is 0 Å². The Labute approximate surface area is 131 Å². The molecular weight excluding hydrogens is 375 g/mol. The molecule has 8 heteroatoms. The minimum Gasteiger partial charge on any atom is -0.379 e. The zero-order valence-electron chi connectivity index (χ0n) is 9.32. The summed E-state index contributed by atoms with van der Waals surface area (Å²) in [4.78, 5) is 11.0. The largest absolute Gasteiger partial charge is 0.379 e. The molecule has 1 aromatic heterocycles. The van der Waals surface area contributed by atoms with Gasteiger partial charge in [0.15, 0.2) is 0 Å². The van der Waals surface area contributed by atoms with Crippen LogP contribution in [-0.4, -0.2) is 4.92 Å². The van der Waals surface area contributed by atoms with Gasteiger partial charge < -0.3 is 5.32 Å². The number of hydrogen-bond acceptors (Lipinski definition) is 4. The number of rotatable bonds is 4. The lowest BCUT2D eigenvalue weighted by molar-refractivity contribution is -0.380. The summed E-state index contributed by atoms with van der Waals surface area (Å²) in [5.74, 6) is 0. The van der Waals surface area contributed by atoms with Crippen molar-refractivity contribution in [2.45, 2.75) is 6.54 Å². The SMILES string of the molecule is O=[N+]([O-])c1ccc(CNc2ccc(Br)c(Cl)c2Cl)s1. The van der Waals surface area contributed by atoms with Gasteiger partial charge in [-0.1, -0.05) is 34.5 Å². The van der Waals surface area contributed by atoms with Gasteiger partial charge in [0, 0.05) is 22.0 Å². The molecule has 1 aromatic carbocycles. The third kappa shape index (κ3) is 3.39. The Kier molecular flexibility index (Phi) is 4.67. The highest BCUT2D eigenvalue weighted by Crippen LogP contribution is 2.36. The lowest BCUT2D eigenvalue weighted by Gasteiger charge is -2.09. The van der Waals surface area contributed by atoms with E-state index in [1.807, 2.05) is 0 Å². The summed E-state index contributed by atoms with van der Waals surface area (Å²) in [6.07, 6.45) is 0. The first-order valence-corrected chi connectivity index (χ1v) is 7.46. The summed E-state index contributed by atoms with van der Waals surface area (Å²) in [5, 5.41) is 14.7. The van der Waals surface area contributed by atoms with Crippen LogP contribution in [0.2, 0.25) is 10.0 Å². The first-order valence-electron chi connectivity index (χ1n) is 5.09. The average molecular weight is 382 g/mol. The second kappa shape index (κ2) is 6.09. The molecule has 19 heavy (non-hydrogen) atoms. The highest BCUT2D eigenvalue weighted by Gasteiger charge is 2.11. The Bertz CT molecular complexity index is 633. The van der Waals surface area contributed by atoms with Crippen LogP contribution in [0.3, 0.4) is 0 Å². The number of nitro groups is 1. The Morgan fingerprint density at radius 2 is 2.00 bits per heavy atom. The Hall–Kier alpha value is -0.820. The molecule has 0 saturated carbocycles. The summed E-state index contributed by atoms with van der Waals surface area (Å²) in [6, 6.07) is 6.77. The molecule has 0 aliphatic heterocycles. The minimum absolute atomic E-state index is 0.122. The van der Waals surface area contributed by atoms with E-state index < -0.39 is 4.92 Å². The summed E-state index contributed by atoms with van der Waals surface area (Å²) in [5.41, 5.74) is 0.686. The van der Waals surface area contributed by atoms with Crippen LogP contribution < -0.4 is 5.32 Å². The molecule has 0 saturated heterocycles. The van der Waals surface area contributed by atoms with Crippen LogP contribution in [0.1, 0.15) is 4.88 Å². The zero-order chi connectivity index (χ0) is 14.0. The fourth-order valence-corrected chi connectivity index (χ4v) is 3.01. The Morgan fingerprint density at radius 3 is 2.63 bits per heavy atom. The molecule has 0 amide bonds. The van der Waals surface area contributed by atoms with Gasteiger partial charge in [-0.2, -0.15) is 0 Å². The number of nitrogens with zero attached hydrogens (tertiary/aromatic N) is 1. The molecule has 0 aliphatic rings. The van der Waals surface area contributed by atoms with Crippen molar-refractivity contribution in [2.24, 2.45) is 0 Å². The van der Waals surface area contributed by atoms with E-state index in [2.05, 4.69) is 21.2 Å². The van der Waals surface area contributed by atoms with Crippen molar-refractivity contribution in [1.82, 2.24) is 0 Å². The van der Waals surface area contributed by atoms with Gasteiger partial charge in [0.25, 0.3) is 0 Å². The van der Waals surface area contributed by atoms with Crippen LogP contribution in [-0.2, 0) is 6.54 Å². The third-order valence-electron chi connectivity index (χ3n) is 2.32. The van der Waals surface area contributed by atoms with Crippen LogP contribution in [0.5, 0.6) is 0 Å². The maximum absolute atomic E-state index is 10.6. The second-order valence-electron chi connectivity index (χ2n) is 3.57. The average Bonchev–Trinajstić information content (AvgIpc) is 2.84. The van der Waals surface area contributed by atoms with Crippen molar-refractivity contribution in [3.05, 3.63) is 53.8 Å². The van der Waals surface area contributed by atoms with Crippen LogP contribution >= 0.6 is 50.5 Å². The molecule has 0 aliphatic carbocycles. The van der Waals surface area contributed by atoms with Gasteiger partial charge in [-0.15, -0.1) is 0 Å². The maximum Gasteiger partial charge on any atom is 0.324 e. The molecule has 0 bridgehead atoms. The van der Waals surface area contributed by atoms with E-state index in [0.29, 0.717) is 22.3 Å². The van der Waals surface area contributed by atoms with Gasteiger partial charge >= 0.3 is 5.00 Å². The highest BCUT2D eigenvalue weighted by molar-refractivity contribution is 9.10. The van der Waals surface area contributed by atoms with Crippen LogP contribution in [0.15, 0.2) is 28.7 Å². The number of halogens is 3. The van der Waals surface area contributed by atoms with Crippen LogP contribution in [0.4, 0.5) is 10.7 Å². The van der Waals surface area contributed by atoms with Crippen LogP contribution in [0, 0.1) is 10.1 Å². The maximum atomic E-state index is 10.6. The van der Waals surface area contributed by atoms with Crippen molar-refractivity contribution < 1.29 is 4.92 Å². The van der Waals surface area contributed by atoms with E-state index in [4.69, 9.17) is 23.2 Å². The van der Waals surface area contributed by atoms with Crippen molar-refractivity contribution in [2.75, 3.05) is 5.32 Å². The molecule has 2 aromatic rings. The van der Waals surface area contributed by atoms with Gasteiger partial charge in [0.05, 0.1) is 20.7 Å². The lowest BCUT2D eigenvalue weighted by Crippen LogP contribution is -1.98. The van der Waals surface area contributed by atoms with E-state index in [1.54, 1.807) is 18.2 Å². The number of thiophene rings is 1. The van der Waals surface area contributed by atoms with Gasteiger partial charge in [-0.05, 0) is 34.1 Å². The fourth-order valence-electron chi connectivity index (χ4n) is 1.40. The highest BCUT2D eigenvalue weighted by atomic mass is 79.9. The van der Waals surface area contributed by atoms with E-state index in [9.17, 15) is 10.1 Å². The van der Waals surface area contributed by atoms with Crippen molar-refractivity contribution in [1.29, 1.82) is 0 Å². The fraction of sp³-hybridized carbons (Fsp3) is 0.0909. The topological polar surface area (TPSA) is 55.2 Å². The van der Waals surface area contributed by atoms with Crippen molar-refractivity contribution in [3.63, 3.8) is 0 Å². The minimum atomic E-state index is -0.405. The van der Waals surface area contributed by atoms with Gasteiger partial charge in [0.1, 0.15) is 0 Å². The first-order chi connectivity index (χ1) is 8.99.